The Hall–Kier alpha value is -0.660. The molecule has 0 aromatic carbocycles. The summed E-state index contributed by atoms with van der Waals surface area (Å²) in [6, 6.07) is 0. The van der Waals surface area contributed by atoms with Crippen molar-refractivity contribution >= 4 is 16.4 Å². The molecule has 0 amide bonds. The normalized spacial score (nSPS) is 14.9. The summed E-state index contributed by atoms with van der Waals surface area (Å²) in [5.41, 5.74) is -0.212. The first kappa shape index (κ1) is 19.3. The third-order valence-corrected chi connectivity index (χ3v) is 3.04. The Morgan fingerprint density at radius 3 is 2.00 bits per heavy atom. The maximum absolute atomic E-state index is 11.7. The lowest BCUT2D eigenvalue weighted by Crippen LogP contribution is -2.35. The highest BCUT2D eigenvalue weighted by Crippen LogP contribution is 2.33. The highest BCUT2D eigenvalue weighted by Gasteiger charge is 2.32. The highest BCUT2D eigenvalue weighted by atomic mass is 32.3. The maximum atomic E-state index is 11.7. The zero-order valence-electron chi connectivity index (χ0n) is 13.1. The Morgan fingerprint density at radius 1 is 1.15 bits per heavy atom. The zero-order chi connectivity index (χ0) is 16.2. The van der Waals surface area contributed by atoms with Gasteiger partial charge in [-0.1, -0.05) is 41.5 Å². The second-order valence-corrected chi connectivity index (χ2v) is 8.20. The van der Waals surface area contributed by atoms with Crippen LogP contribution < -0.4 is 0 Å². The number of hydrogen-bond acceptors (Lipinski definition) is 5. The fraction of sp³-hybridized carbons (Fsp3) is 0.923. The van der Waals surface area contributed by atoms with Gasteiger partial charge in [0.1, 0.15) is 6.10 Å². The molecule has 0 fully saturated rings. The monoisotopic (exact) mass is 310 g/mol. The summed E-state index contributed by atoms with van der Waals surface area (Å²) in [6.45, 7) is 11.7. The molecule has 1 N–H and O–H groups in total. The van der Waals surface area contributed by atoms with Crippen LogP contribution in [-0.4, -0.2) is 31.7 Å². The molecule has 0 saturated carbocycles. The average molecular weight is 310 g/mol. The number of rotatable bonds is 6. The largest absolute Gasteiger partial charge is 0.462 e. The van der Waals surface area contributed by atoms with Crippen molar-refractivity contribution in [1.82, 2.24) is 0 Å². The third-order valence-electron chi connectivity index (χ3n) is 2.58. The van der Waals surface area contributed by atoms with E-state index in [4.69, 9.17) is 9.29 Å². The molecule has 0 aliphatic heterocycles. The van der Waals surface area contributed by atoms with Crippen molar-refractivity contribution in [3.05, 3.63) is 0 Å². The molecular weight excluding hydrogens is 284 g/mol. The summed E-state index contributed by atoms with van der Waals surface area (Å²) in [4.78, 5) is 11.7. The molecule has 0 heterocycles. The van der Waals surface area contributed by atoms with Crippen LogP contribution in [0.2, 0.25) is 0 Å². The van der Waals surface area contributed by atoms with Gasteiger partial charge in [-0.25, -0.2) is 4.18 Å². The number of hydrogen-bond donors (Lipinski definition) is 1. The van der Waals surface area contributed by atoms with E-state index in [1.165, 1.54) is 0 Å². The summed E-state index contributed by atoms with van der Waals surface area (Å²) >= 11 is 0. The van der Waals surface area contributed by atoms with Crippen LogP contribution in [0.15, 0.2) is 0 Å². The Morgan fingerprint density at radius 2 is 1.65 bits per heavy atom. The van der Waals surface area contributed by atoms with Gasteiger partial charge in [-0.15, -0.1) is 0 Å². The molecule has 120 valence electrons. The summed E-state index contributed by atoms with van der Waals surface area (Å²) < 4.78 is 38.6. The van der Waals surface area contributed by atoms with Gasteiger partial charge < -0.3 is 4.74 Å². The maximum Gasteiger partial charge on any atom is 0.397 e. The number of ether oxygens (including phenoxy) is 1. The molecular formula is C13H26O6S. The number of esters is 1. The van der Waals surface area contributed by atoms with E-state index in [-0.39, 0.29) is 23.4 Å². The van der Waals surface area contributed by atoms with Crippen LogP contribution >= 0.6 is 0 Å². The molecule has 0 saturated heterocycles. The lowest BCUT2D eigenvalue weighted by molar-refractivity contribution is -0.157. The first-order chi connectivity index (χ1) is 8.71. The topological polar surface area (TPSA) is 89.9 Å². The Bertz CT molecular complexity index is 413. The fourth-order valence-corrected chi connectivity index (χ4v) is 1.82. The van der Waals surface area contributed by atoms with Crippen LogP contribution in [0.5, 0.6) is 0 Å². The van der Waals surface area contributed by atoms with E-state index in [0.29, 0.717) is 6.42 Å². The first-order valence-electron chi connectivity index (χ1n) is 6.52. The second kappa shape index (κ2) is 6.87. The van der Waals surface area contributed by atoms with Crippen LogP contribution in [0.25, 0.3) is 0 Å². The summed E-state index contributed by atoms with van der Waals surface area (Å²) in [5, 5.41) is 0. The van der Waals surface area contributed by atoms with Crippen molar-refractivity contribution < 1.29 is 26.7 Å². The summed E-state index contributed by atoms with van der Waals surface area (Å²) in [5.74, 6) is -0.544. The average Bonchev–Trinajstić information content (AvgIpc) is 2.10. The van der Waals surface area contributed by atoms with Crippen LogP contribution in [-0.2, 0) is 24.1 Å². The molecule has 1 unspecified atom stereocenters. The van der Waals surface area contributed by atoms with Crippen molar-refractivity contribution in [3.63, 3.8) is 0 Å². The quantitative estimate of drug-likeness (QED) is 0.599. The Labute approximate surface area is 121 Å². The van der Waals surface area contributed by atoms with Crippen molar-refractivity contribution in [3.8, 4) is 0 Å². The van der Waals surface area contributed by atoms with E-state index < -0.39 is 23.0 Å². The standard InChI is InChI=1S/C13H26O6S/c1-12(2,3)9-10(13(4,5)6)19-11(14)7-8-18-20(15,16)17/h10H,7-9H2,1-6H3,(H,15,16,17). The van der Waals surface area contributed by atoms with Gasteiger partial charge in [-0.2, -0.15) is 8.42 Å². The molecule has 0 aliphatic rings. The van der Waals surface area contributed by atoms with E-state index in [9.17, 15) is 13.2 Å². The smallest absolute Gasteiger partial charge is 0.397 e. The summed E-state index contributed by atoms with van der Waals surface area (Å²) in [6.07, 6.45) is 0.193. The lowest BCUT2D eigenvalue weighted by Gasteiger charge is -2.35. The van der Waals surface area contributed by atoms with Gasteiger partial charge in [0.25, 0.3) is 0 Å². The molecule has 7 heteroatoms. The lowest BCUT2D eigenvalue weighted by atomic mass is 9.78. The van der Waals surface area contributed by atoms with Crippen LogP contribution in [0.4, 0.5) is 0 Å². The molecule has 0 rings (SSSR count). The van der Waals surface area contributed by atoms with Gasteiger partial charge in [0.15, 0.2) is 0 Å². The second-order valence-electron chi connectivity index (χ2n) is 7.11. The molecule has 20 heavy (non-hydrogen) atoms. The van der Waals surface area contributed by atoms with Crippen molar-refractivity contribution in [2.45, 2.75) is 60.5 Å². The van der Waals surface area contributed by atoms with Gasteiger partial charge in [0.2, 0.25) is 0 Å². The fourth-order valence-electron chi connectivity index (χ4n) is 1.53. The van der Waals surface area contributed by atoms with Crippen molar-refractivity contribution in [1.29, 1.82) is 0 Å². The molecule has 0 bridgehead atoms. The number of carbonyl (C=O) groups is 1. The van der Waals surface area contributed by atoms with Crippen molar-refractivity contribution in [2.75, 3.05) is 6.61 Å². The Kier molecular flexibility index (Phi) is 6.64. The third kappa shape index (κ3) is 10.2. The zero-order valence-corrected chi connectivity index (χ0v) is 13.9. The van der Waals surface area contributed by atoms with Crippen molar-refractivity contribution in [2.24, 2.45) is 10.8 Å². The van der Waals surface area contributed by atoms with E-state index in [1.54, 1.807) is 0 Å². The van der Waals surface area contributed by atoms with Crippen LogP contribution in [0.1, 0.15) is 54.4 Å². The van der Waals surface area contributed by atoms with E-state index in [0.717, 1.165) is 0 Å². The minimum atomic E-state index is -4.51. The molecule has 0 spiro atoms. The molecule has 1 atom stereocenters. The predicted molar refractivity (Wildman–Crippen MR) is 75.5 cm³/mol. The molecule has 6 nitrogen and oxygen atoms in total. The molecule has 0 aliphatic carbocycles. The molecule has 0 radical (unpaired) electrons. The highest BCUT2D eigenvalue weighted by molar-refractivity contribution is 7.80. The SMILES string of the molecule is CC(C)(C)CC(OC(=O)CCOS(=O)(=O)O)C(C)(C)C. The van der Waals surface area contributed by atoms with Crippen LogP contribution in [0, 0.1) is 10.8 Å². The van der Waals surface area contributed by atoms with Gasteiger partial charge in [0, 0.05) is 0 Å². The van der Waals surface area contributed by atoms with Gasteiger partial charge in [-0.05, 0) is 17.3 Å². The van der Waals surface area contributed by atoms with Gasteiger partial charge >= 0.3 is 16.4 Å². The summed E-state index contributed by atoms with van der Waals surface area (Å²) in [7, 11) is -4.51. The number of carbonyl (C=O) groups excluding carboxylic acids is 1. The van der Waals surface area contributed by atoms with Gasteiger partial charge in [0.05, 0.1) is 13.0 Å². The first-order valence-corrected chi connectivity index (χ1v) is 7.88. The minimum absolute atomic E-state index is 0.00314. The van der Waals surface area contributed by atoms with E-state index in [1.807, 2.05) is 20.8 Å². The Balaban J connectivity index is 4.48. The predicted octanol–water partition coefficient (Wildman–Crippen LogP) is 2.59. The van der Waals surface area contributed by atoms with Gasteiger partial charge in [-0.3, -0.25) is 9.35 Å². The van der Waals surface area contributed by atoms with Crippen LogP contribution in [0.3, 0.4) is 0 Å². The molecule has 0 aromatic rings. The van der Waals surface area contributed by atoms with E-state index >= 15 is 0 Å². The molecule has 0 aromatic heterocycles. The minimum Gasteiger partial charge on any atom is -0.462 e. The van der Waals surface area contributed by atoms with E-state index in [2.05, 4.69) is 25.0 Å².